The second-order valence-corrected chi connectivity index (χ2v) is 8.75. The molecular formula is C24H23F3N2O5. The van der Waals surface area contributed by atoms with Gasteiger partial charge >= 0.3 is 6.18 Å². The van der Waals surface area contributed by atoms with Crippen molar-refractivity contribution >= 4 is 0 Å². The van der Waals surface area contributed by atoms with Crippen LogP contribution in [0.1, 0.15) is 38.3 Å². The van der Waals surface area contributed by atoms with E-state index < -0.39 is 48.2 Å². The summed E-state index contributed by atoms with van der Waals surface area (Å²) in [5.74, 6) is -0.784. The third-order valence-corrected chi connectivity index (χ3v) is 5.76. The van der Waals surface area contributed by atoms with Gasteiger partial charge < -0.3 is 23.5 Å². The first kappa shape index (κ1) is 22.8. The normalized spacial score (nSPS) is 28.5. The summed E-state index contributed by atoms with van der Waals surface area (Å²) in [5.41, 5.74) is 0.379. The van der Waals surface area contributed by atoms with E-state index in [1.54, 1.807) is 19.9 Å². The summed E-state index contributed by atoms with van der Waals surface area (Å²) in [6.45, 7) is 5.35. The van der Waals surface area contributed by atoms with E-state index in [2.05, 4.69) is 10.1 Å². The van der Waals surface area contributed by atoms with Crippen LogP contribution in [0.3, 0.4) is 0 Å². The summed E-state index contributed by atoms with van der Waals surface area (Å²) in [4.78, 5) is 3.64. The summed E-state index contributed by atoms with van der Waals surface area (Å²) in [6.07, 6.45) is -7.89. The zero-order valence-electron chi connectivity index (χ0n) is 18.7. The summed E-state index contributed by atoms with van der Waals surface area (Å²) < 4.78 is 69.5. The van der Waals surface area contributed by atoms with Gasteiger partial charge in [0.25, 0.3) is 0 Å². The van der Waals surface area contributed by atoms with Crippen LogP contribution in [0.2, 0.25) is 0 Å². The first-order valence-corrected chi connectivity index (χ1v) is 10.8. The number of aromatic nitrogens is 2. The maximum atomic E-state index is 13.2. The number of hydrogen-bond acceptors (Lipinski definition) is 7. The molecule has 5 rings (SSSR count). The van der Waals surface area contributed by atoms with Crippen molar-refractivity contribution in [1.29, 1.82) is 0 Å². The van der Waals surface area contributed by atoms with Gasteiger partial charge in [-0.3, -0.25) is 0 Å². The summed E-state index contributed by atoms with van der Waals surface area (Å²) in [5, 5.41) is 4.14. The molecule has 2 aliphatic rings. The van der Waals surface area contributed by atoms with Crippen molar-refractivity contribution in [1.82, 2.24) is 10.1 Å². The first-order chi connectivity index (χ1) is 16.1. The highest BCUT2D eigenvalue weighted by Gasteiger charge is 2.56. The van der Waals surface area contributed by atoms with Gasteiger partial charge in [0.2, 0.25) is 5.88 Å². The monoisotopic (exact) mass is 476 g/mol. The Morgan fingerprint density at radius 2 is 1.71 bits per heavy atom. The zero-order chi connectivity index (χ0) is 24.1. The SMILES string of the molecule is C[C@H]1O[C@H](c2cc(-c3ccccc3)no2)[C@H](Oc2cccc(C(F)(F)F)n2)[C@H]2OC(C)(C)O[C@H]21. The van der Waals surface area contributed by atoms with E-state index in [-0.39, 0.29) is 5.88 Å². The Labute approximate surface area is 193 Å². The summed E-state index contributed by atoms with van der Waals surface area (Å²) in [7, 11) is 0. The molecule has 2 aromatic heterocycles. The average Bonchev–Trinajstić information content (AvgIpc) is 3.40. The number of ether oxygens (including phenoxy) is 4. The lowest BCUT2D eigenvalue weighted by Crippen LogP contribution is -2.54. The molecular weight excluding hydrogens is 453 g/mol. The lowest BCUT2D eigenvalue weighted by atomic mass is 9.94. The van der Waals surface area contributed by atoms with Gasteiger partial charge in [0.15, 0.2) is 23.8 Å². The van der Waals surface area contributed by atoms with E-state index in [9.17, 15) is 13.2 Å². The standard InChI is InChI=1S/C24H23F3N2O5/c1-13-19-22(33-23(2,3)32-19)21(31-18-11-7-10-17(28-18)24(25,26)27)20(30-13)16-12-15(29-34-16)14-8-5-4-6-9-14/h4-13,19-22H,1-3H3/t13-,19+,20-,21+,22+/m1/s1. The van der Waals surface area contributed by atoms with Crippen LogP contribution in [0.4, 0.5) is 13.2 Å². The van der Waals surface area contributed by atoms with Crippen molar-refractivity contribution in [2.75, 3.05) is 0 Å². The first-order valence-electron chi connectivity index (χ1n) is 10.8. The number of nitrogens with zero attached hydrogens (tertiary/aromatic N) is 2. The fourth-order valence-corrected chi connectivity index (χ4v) is 4.30. The quantitative estimate of drug-likeness (QED) is 0.513. The minimum Gasteiger partial charge on any atom is -0.468 e. The van der Waals surface area contributed by atoms with Crippen molar-refractivity contribution in [2.45, 2.75) is 63.3 Å². The number of halogens is 3. The Bertz CT molecular complexity index is 1150. The molecule has 5 atom stereocenters. The van der Waals surface area contributed by atoms with Gasteiger partial charge in [-0.25, -0.2) is 4.98 Å². The highest BCUT2D eigenvalue weighted by atomic mass is 19.4. The third-order valence-electron chi connectivity index (χ3n) is 5.76. The molecule has 34 heavy (non-hydrogen) atoms. The lowest BCUT2D eigenvalue weighted by Gasteiger charge is -2.39. The molecule has 0 amide bonds. The minimum absolute atomic E-state index is 0.210. The van der Waals surface area contributed by atoms with E-state index in [0.29, 0.717) is 11.5 Å². The number of rotatable bonds is 4. The molecule has 2 aliphatic heterocycles. The van der Waals surface area contributed by atoms with Crippen molar-refractivity contribution in [3.05, 3.63) is 66.1 Å². The van der Waals surface area contributed by atoms with E-state index in [0.717, 1.165) is 11.6 Å². The predicted molar refractivity (Wildman–Crippen MR) is 113 cm³/mol. The molecule has 2 saturated heterocycles. The van der Waals surface area contributed by atoms with Crippen molar-refractivity contribution in [2.24, 2.45) is 0 Å². The number of alkyl halides is 3. The highest BCUT2D eigenvalue weighted by molar-refractivity contribution is 5.58. The lowest BCUT2D eigenvalue weighted by molar-refractivity contribution is -0.183. The zero-order valence-corrected chi connectivity index (χ0v) is 18.7. The van der Waals surface area contributed by atoms with Crippen molar-refractivity contribution < 1.29 is 36.6 Å². The van der Waals surface area contributed by atoms with Gasteiger partial charge in [0.05, 0.1) is 6.10 Å². The summed E-state index contributed by atoms with van der Waals surface area (Å²) in [6, 6.07) is 14.6. The average molecular weight is 476 g/mol. The fraction of sp³-hybridized carbons (Fsp3) is 0.417. The van der Waals surface area contributed by atoms with Crippen LogP contribution >= 0.6 is 0 Å². The molecule has 1 aromatic carbocycles. The highest BCUT2D eigenvalue weighted by Crippen LogP contribution is 2.44. The van der Waals surface area contributed by atoms with Gasteiger partial charge in [0.1, 0.15) is 23.6 Å². The largest absolute Gasteiger partial charge is 0.468 e. The number of pyridine rings is 1. The molecule has 180 valence electrons. The molecule has 0 aliphatic carbocycles. The fourth-order valence-electron chi connectivity index (χ4n) is 4.30. The number of fused-ring (bicyclic) bond motifs is 1. The maximum absolute atomic E-state index is 13.2. The topological polar surface area (TPSA) is 75.8 Å². The van der Waals surface area contributed by atoms with Crippen molar-refractivity contribution in [3.8, 4) is 17.1 Å². The molecule has 2 fully saturated rings. The molecule has 0 radical (unpaired) electrons. The molecule has 3 aromatic rings. The smallest absolute Gasteiger partial charge is 0.433 e. The molecule has 0 unspecified atom stereocenters. The van der Waals surface area contributed by atoms with Crippen LogP contribution in [0, 0.1) is 0 Å². The van der Waals surface area contributed by atoms with E-state index in [1.165, 1.54) is 12.1 Å². The molecule has 0 bridgehead atoms. The van der Waals surface area contributed by atoms with Gasteiger partial charge in [-0.2, -0.15) is 13.2 Å². The van der Waals surface area contributed by atoms with Crippen LogP contribution in [0.15, 0.2) is 59.1 Å². The Morgan fingerprint density at radius 1 is 0.971 bits per heavy atom. The summed E-state index contributed by atoms with van der Waals surface area (Å²) >= 11 is 0. The van der Waals surface area contributed by atoms with Gasteiger partial charge in [0, 0.05) is 17.7 Å². The predicted octanol–water partition coefficient (Wildman–Crippen LogP) is 5.18. The van der Waals surface area contributed by atoms with E-state index >= 15 is 0 Å². The van der Waals surface area contributed by atoms with Crippen LogP contribution in [0.25, 0.3) is 11.3 Å². The molecule has 10 heteroatoms. The molecule has 0 N–H and O–H groups in total. The Kier molecular flexibility index (Phi) is 5.62. The van der Waals surface area contributed by atoms with E-state index in [4.69, 9.17) is 23.5 Å². The minimum atomic E-state index is -4.61. The molecule has 0 spiro atoms. The molecule has 7 nitrogen and oxygen atoms in total. The van der Waals surface area contributed by atoms with Gasteiger partial charge in [-0.05, 0) is 26.8 Å². The number of hydrogen-bond donors (Lipinski definition) is 0. The van der Waals surface area contributed by atoms with Gasteiger partial charge in [-0.15, -0.1) is 0 Å². The van der Waals surface area contributed by atoms with Crippen molar-refractivity contribution in [3.63, 3.8) is 0 Å². The van der Waals surface area contributed by atoms with Crippen LogP contribution < -0.4 is 4.74 Å². The van der Waals surface area contributed by atoms with Gasteiger partial charge in [-0.1, -0.05) is 41.6 Å². The van der Waals surface area contributed by atoms with E-state index in [1.807, 2.05) is 37.3 Å². The van der Waals surface area contributed by atoms with Crippen LogP contribution in [-0.2, 0) is 20.4 Å². The van der Waals surface area contributed by atoms with Crippen LogP contribution in [0.5, 0.6) is 5.88 Å². The Morgan fingerprint density at radius 3 is 2.44 bits per heavy atom. The molecule has 0 saturated carbocycles. The Balaban J connectivity index is 1.50. The Hall–Kier alpha value is -2.95. The third kappa shape index (κ3) is 4.40. The van der Waals surface area contributed by atoms with Crippen LogP contribution in [-0.4, -0.2) is 40.3 Å². The number of benzene rings is 1. The molecule has 4 heterocycles. The second-order valence-electron chi connectivity index (χ2n) is 8.75. The maximum Gasteiger partial charge on any atom is 0.433 e. The second kappa shape index (κ2) is 8.37.